The van der Waals surface area contributed by atoms with Crippen molar-refractivity contribution in [3.63, 3.8) is 0 Å². The van der Waals surface area contributed by atoms with Crippen molar-refractivity contribution in [3.05, 3.63) is 48.0 Å². The first-order chi connectivity index (χ1) is 11.1. The first kappa shape index (κ1) is 17.9. The maximum atomic E-state index is 12.2. The van der Waals surface area contributed by atoms with E-state index in [0.29, 0.717) is 6.42 Å². The van der Waals surface area contributed by atoms with Gasteiger partial charge in [0.05, 0.1) is 0 Å². The minimum Gasteiger partial charge on any atom is -0.479 e. The number of rotatable bonds is 5. The number of nitrogens with two attached hydrogens (primary N) is 1. The number of carboxylic acid groups (broad SMARTS) is 1. The van der Waals surface area contributed by atoms with Gasteiger partial charge in [0.2, 0.25) is 5.54 Å². The number of benzene rings is 2. The Hall–Kier alpha value is -2.40. The van der Waals surface area contributed by atoms with Crippen molar-refractivity contribution < 1.29 is 19.4 Å². The van der Waals surface area contributed by atoms with Crippen molar-refractivity contribution in [3.8, 4) is 0 Å². The Kier molecular flexibility index (Phi) is 4.94. The number of aryl methyl sites for hydroxylation is 1. The molecule has 24 heavy (non-hydrogen) atoms. The molecule has 0 aliphatic rings. The van der Waals surface area contributed by atoms with E-state index in [1.165, 1.54) is 0 Å². The summed E-state index contributed by atoms with van der Waals surface area (Å²) in [6, 6.07) is 13.8. The number of esters is 1. The molecular formula is C19H23NO4. The number of ether oxygens (including phenoxy) is 1. The minimum absolute atomic E-state index is 0.0322. The molecule has 2 aromatic carbocycles. The van der Waals surface area contributed by atoms with Crippen molar-refractivity contribution in [1.82, 2.24) is 0 Å². The van der Waals surface area contributed by atoms with E-state index >= 15 is 0 Å². The smallest absolute Gasteiger partial charge is 0.338 e. The number of carboxylic acids is 1. The van der Waals surface area contributed by atoms with Crippen LogP contribution in [0.2, 0.25) is 0 Å². The Morgan fingerprint density at radius 1 is 1.08 bits per heavy atom. The highest BCUT2D eigenvalue weighted by atomic mass is 16.6. The molecule has 0 heterocycles. The van der Waals surface area contributed by atoms with Gasteiger partial charge in [-0.1, -0.05) is 42.5 Å². The molecule has 0 bridgehead atoms. The Labute approximate surface area is 141 Å². The van der Waals surface area contributed by atoms with Gasteiger partial charge in [-0.25, -0.2) is 9.59 Å². The summed E-state index contributed by atoms with van der Waals surface area (Å²) in [7, 11) is 0. The van der Waals surface area contributed by atoms with Crippen LogP contribution < -0.4 is 5.73 Å². The second-order valence-electron chi connectivity index (χ2n) is 6.96. The molecule has 0 saturated carbocycles. The third-order valence-electron chi connectivity index (χ3n) is 3.77. The fourth-order valence-electron chi connectivity index (χ4n) is 2.40. The first-order valence-corrected chi connectivity index (χ1v) is 7.85. The minimum atomic E-state index is -2.06. The number of hydrogen-bond donors (Lipinski definition) is 2. The average molecular weight is 329 g/mol. The van der Waals surface area contributed by atoms with Crippen molar-refractivity contribution in [2.75, 3.05) is 0 Å². The number of fused-ring (bicyclic) bond motifs is 1. The number of aliphatic carboxylic acids is 1. The number of hydrogen-bond acceptors (Lipinski definition) is 4. The normalized spacial score (nSPS) is 14.2. The molecule has 0 amide bonds. The van der Waals surface area contributed by atoms with Crippen LogP contribution in [0.15, 0.2) is 42.5 Å². The van der Waals surface area contributed by atoms with Gasteiger partial charge in [-0.05, 0) is 49.9 Å². The molecule has 0 aliphatic carbocycles. The van der Waals surface area contributed by atoms with Crippen LogP contribution in [0.1, 0.15) is 32.8 Å². The van der Waals surface area contributed by atoms with Gasteiger partial charge in [-0.2, -0.15) is 0 Å². The topological polar surface area (TPSA) is 89.6 Å². The van der Waals surface area contributed by atoms with Crippen LogP contribution in [-0.4, -0.2) is 28.2 Å². The number of carbonyl (C=O) groups is 2. The Morgan fingerprint density at radius 3 is 2.29 bits per heavy atom. The van der Waals surface area contributed by atoms with Crippen molar-refractivity contribution >= 4 is 22.7 Å². The van der Waals surface area contributed by atoms with Crippen LogP contribution >= 0.6 is 0 Å². The summed E-state index contributed by atoms with van der Waals surface area (Å²) in [6.07, 6.45) is 0.336. The predicted octanol–water partition coefficient (Wildman–Crippen LogP) is 2.90. The van der Waals surface area contributed by atoms with E-state index in [1.807, 2.05) is 42.5 Å². The van der Waals surface area contributed by atoms with E-state index in [0.717, 1.165) is 16.3 Å². The number of carbonyl (C=O) groups excluding carboxylic acids is 1. The van der Waals surface area contributed by atoms with Crippen molar-refractivity contribution in [1.29, 1.82) is 0 Å². The molecule has 0 fully saturated rings. The lowest BCUT2D eigenvalue weighted by Gasteiger charge is -2.28. The maximum Gasteiger partial charge on any atom is 0.338 e. The molecule has 0 aromatic heterocycles. The monoisotopic (exact) mass is 329 g/mol. The standard InChI is InChI=1S/C19H23NO4/c1-18(2,3)24-17(23)19(20,16(21)22)11-10-13-8-9-14-6-4-5-7-15(14)12-13/h4-9,12H,10-11,20H2,1-3H3,(H,21,22). The quantitative estimate of drug-likeness (QED) is 0.650. The third-order valence-corrected chi connectivity index (χ3v) is 3.77. The van der Waals surface area contributed by atoms with Crippen LogP contribution in [0.3, 0.4) is 0 Å². The molecule has 5 nitrogen and oxygen atoms in total. The van der Waals surface area contributed by atoms with Gasteiger partial charge in [0.25, 0.3) is 0 Å². The zero-order chi connectivity index (χ0) is 18.0. The van der Waals surface area contributed by atoms with Gasteiger partial charge in [0.1, 0.15) is 5.60 Å². The molecular weight excluding hydrogens is 306 g/mol. The summed E-state index contributed by atoms with van der Waals surface area (Å²) < 4.78 is 5.18. The molecule has 128 valence electrons. The second kappa shape index (κ2) is 6.61. The molecule has 0 saturated heterocycles. The SMILES string of the molecule is CC(C)(C)OC(=O)C(N)(CCc1ccc2ccccc2c1)C(=O)O. The maximum absolute atomic E-state index is 12.2. The zero-order valence-corrected chi connectivity index (χ0v) is 14.2. The fraction of sp³-hybridized carbons (Fsp3) is 0.368. The van der Waals surface area contributed by atoms with Crippen molar-refractivity contribution in [2.24, 2.45) is 5.73 Å². The lowest BCUT2D eigenvalue weighted by molar-refractivity contribution is -0.169. The van der Waals surface area contributed by atoms with E-state index in [2.05, 4.69) is 0 Å². The summed E-state index contributed by atoms with van der Waals surface area (Å²) in [6.45, 7) is 5.03. The van der Waals surface area contributed by atoms with Crippen molar-refractivity contribution in [2.45, 2.75) is 44.8 Å². The molecule has 2 aromatic rings. The summed E-state index contributed by atoms with van der Waals surface area (Å²) in [5.74, 6) is -2.29. The second-order valence-corrected chi connectivity index (χ2v) is 6.96. The van der Waals surface area contributed by atoms with Gasteiger partial charge in [0, 0.05) is 0 Å². The lowest BCUT2D eigenvalue weighted by atomic mass is 9.91. The molecule has 2 rings (SSSR count). The fourth-order valence-corrected chi connectivity index (χ4v) is 2.40. The van der Waals surface area contributed by atoms with Gasteiger partial charge in [-0.3, -0.25) is 0 Å². The summed E-state index contributed by atoms with van der Waals surface area (Å²) in [4.78, 5) is 23.8. The van der Waals surface area contributed by atoms with Gasteiger partial charge < -0.3 is 15.6 Å². The van der Waals surface area contributed by atoms with Crippen LogP contribution in [0, 0.1) is 0 Å². The van der Waals surface area contributed by atoms with E-state index in [4.69, 9.17) is 10.5 Å². The van der Waals surface area contributed by atoms with Crippen LogP contribution in [0.25, 0.3) is 10.8 Å². The Balaban J connectivity index is 2.18. The van der Waals surface area contributed by atoms with E-state index in [1.54, 1.807) is 20.8 Å². The molecule has 5 heteroatoms. The molecule has 0 radical (unpaired) electrons. The first-order valence-electron chi connectivity index (χ1n) is 7.85. The van der Waals surface area contributed by atoms with Crippen LogP contribution in [0.5, 0.6) is 0 Å². The highest BCUT2D eigenvalue weighted by molar-refractivity contribution is 6.04. The van der Waals surface area contributed by atoms with E-state index in [9.17, 15) is 14.7 Å². The average Bonchev–Trinajstić information content (AvgIpc) is 2.50. The summed E-state index contributed by atoms with van der Waals surface area (Å²) >= 11 is 0. The highest BCUT2D eigenvalue weighted by Gasteiger charge is 2.45. The Bertz CT molecular complexity index is 763. The summed E-state index contributed by atoms with van der Waals surface area (Å²) in [5, 5.41) is 11.6. The van der Waals surface area contributed by atoms with Crippen LogP contribution in [0.4, 0.5) is 0 Å². The highest BCUT2D eigenvalue weighted by Crippen LogP contribution is 2.21. The molecule has 0 aliphatic heterocycles. The molecule has 3 N–H and O–H groups in total. The largest absolute Gasteiger partial charge is 0.479 e. The van der Waals surface area contributed by atoms with Gasteiger partial charge >= 0.3 is 11.9 Å². The van der Waals surface area contributed by atoms with Gasteiger partial charge in [0.15, 0.2) is 0 Å². The molecule has 1 unspecified atom stereocenters. The van der Waals surface area contributed by atoms with Crippen LogP contribution in [-0.2, 0) is 20.7 Å². The van der Waals surface area contributed by atoms with E-state index in [-0.39, 0.29) is 6.42 Å². The molecule has 1 atom stereocenters. The van der Waals surface area contributed by atoms with E-state index < -0.39 is 23.1 Å². The zero-order valence-electron chi connectivity index (χ0n) is 14.2. The lowest BCUT2D eigenvalue weighted by Crippen LogP contribution is -2.57. The third kappa shape index (κ3) is 4.11. The molecule has 0 spiro atoms. The Morgan fingerprint density at radius 2 is 1.71 bits per heavy atom. The predicted molar refractivity (Wildman–Crippen MR) is 92.7 cm³/mol. The van der Waals surface area contributed by atoms with Gasteiger partial charge in [-0.15, -0.1) is 0 Å². The summed E-state index contributed by atoms with van der Waals surface area (Å²) in [5.41, 5.74) is 3.95.